The molecule has 2 heterocycles. The fraction of sp³-hybridized carbons (Fsp3) is 0.500. The van der Waals surface area contributed by atoms with Gasteiger partial charge in [-0.15, -0.1) is 0 Å². The molecule has 0 spiro atoms. The second-order valence-electron chi connectivity index (χ2n) is 7.91. The molecule has 3 rings (SSSR count). The Morgan fingerprint density at radius 2 is 2.11 bits per heavy atom. The van der Waals surface area contributed by atoms with Gasteiger partial charge in [0.15, 0.2) is 0 Å². The van der Waals surface area contributed by atoms with Crippen molar-refractivity contribution in [3.63, 3.8) is 0 Å². The molecular weight excluding hydrogens is 472 g/mol. The van der Waals surface area contributed by atoms with E-state index >= 15 is 0 Å². The molecule has 2 unspecified atom stereocenters. The zero-order valence-corrected chi connectivity index (χ0v) is 20.8. The third-order valence-electron chi connectivity index (χ3n) is 5.39. The molecule has 1 fully saturated rings. The number of hydrogen-bond donors (Lipinski definition) is 4. The summed E-state index contributed by atoms with van der Waals surface area (Å²) in [6.45, 7) is 0.851. The number of likely N-dealkylation sites (tertiary alicyclic amines) is 1. The lowest BCUT2D eigenvalue weighted by Crippen LogP contribution is -2.40. The summed E-state index contributed by atoms with van der Waals surface area (Å²) in [4.78, 5) is 41.1. The smallest absolute Gasteiger partial charge is 0.410 e. The summed E-state index contributed by atoms with van der Waals surface area (Å²) in [5.74, 6) is -0.672. The van der Waals surface area contributed by atoms with Crippen LogP contribution in [0.15, 0.2) is 48.2 Å². The van der Waals surface area contributed by atoms with E-state index in [9.17, 15) is 14.4 Å². The molecule has 1 aliphatic heterocycles. The number of aliphatic carboxylic acids is 1. The number of rotatable bonds is 11. The maximum atomic E-state index is 12.8. The Hall–Kier alpha value is -3.05. The first-order valence-corrected chi connectivity index (χ1v) is 12.4. The van der Waals surface area contributed by atoms with Crippen molar-refractivity contribution in [3.8, 4) is 0 Å². The number of allylic oxidation sites excluding steroid dienone is 3. The number of carboxylic acids is 1. The molecule has 1 aromatic heterocycles. The van der Waals surface area contributed by atoms with Crippen LogP contribution in [0.4, 0.5) is 10.6 Å². The standard InChI is InChI=1S/C23H30N4O6.CH4S/c28-21(25-11-9-22(29)30)16-32-19-12-18(13-26-20-8-4-5-10-24-20)27(14-19)23(31)33-15-17-6-2-1-3-7-17;1-2/h1-2,4-6,8,10,18-19H,3,7,9,11-16H2,(H,24,26)(H,25,28)(H,29,30);2H,1H3. The van der Waals surface area contributed by atoms with E-state index in [0.29, 0.717) is 25.3 Å². The number of pyridine rings is 1. The summed E-state index contributed by atoms with van der Waals surface area (Å²) in [5.41, 5.74) is 1.07. The fourth-order valence-corrected chi connectivity index (χ4v) is 3.66. The number of carbonyl (C=O) groups is 3. The van der Waals surface area contributed by atoms with Crippen LogP contribution in [0.3, 0.4) is 0 Å². The molecule has 2 aliphatic rings. The van der Waals surface area contributed by atoms with E-state index in [1.807, 2.05) is 30.4 Å². The van der Waals surface area contributed by atoms with Gasteiger partial charge >= 0.3 is 12.1 Å². The van der Waals surface area contributed by atoms with E-state index in [2.05, 4.69) is 34.3 Å². The van der Waals surface area contributed by atoms with Gasteiger partial charge in [0.1, 0.15) is 19.0 Å². The average Bonchev–Trinajstić information content (AvgIpc) is 3.30. The summed E-state index contributed by atoms with van der Waals surface area (Å²) in [7, 11) is 0. The van der Waals surface area contributed by atoms with Crippen LogP contribution < -0.4 is 10.6 Å². The van der Waals surface area contributed by atoms with Gasteiger partial charge in [-0.25, -0.2) is 9.78 Å². The predicted octanol–water partition coefficient (Wildman–Crippen LogP) is 2.50. The van der Waals surface area contributed by atoms with Gasteiger partial charge in [-0.3, -0.25) is 9.59 Å². The molecule has 1 saturated heterocycles. The molecule has 0 saturated carbocycles. The molecule has 2 amide bonds. The molecule has 2 atom stereocenters. The molecule has 35 heavy (non-hydrogen) atoms. The quantitative estimate of drug-likeness (QED) is 0.337. The van der Waals surface area contributed by atoms with E-state index in [0.717, 1.165) is 18.4 Å². The van der Waals surface area contributed by atoms with Crippen LogP contribution in [-0.4, -0.2) is 84.2 Å². The minimum Gasteiger partial charge on any atom is -0.481 e. The Kier molecular flexibility index (Phi) is 12.7. The normalized spacial score (nSPS) is 18.7. The number of nitrogens with one attached hydrogen (secondary N) is 2. The van der Waals surface area contributed by atoms with Crippen molar-refractivity contribution in [2.45, 2.75) is 37.8 Å². The largest absolute Gasteiger partial charge is 0.481 e. The van der Waals surface area contributed by atoms with Crippen molar-refractivity contribution in [1.82, 2.24) is 15.2 Å². The van der Waals surface area contributed by atoms with Crippen molar-refractivity contribution in [2.24, 2.45) is 0 Å². The van der Waals surface area contributed by atoms with Gasteiger partial charge < -0.3 is 30.1 Å². The van der Waals surface area contributed by atoms with Crippen LogP contribution in [-0.2, 0) is 19.1 Å². The number of hydrogen-bond acceptors (Lipinski definition) is 8. The molecule has 0 aromatic carbocycles. The number of ether oxygens (including phenoxy) is 2. The minimum absolute atomic E-state index is 0.0440. The number of anilines is 1. The molecule has 1 aromatic rings. The number of thiol groups is 1. The lowest BCUT2D eigenvalue weighted by molar-refractivity contribution is -0.137. The van der Waals surface area contributed by atoms with Gasteiger partial charge in [-0.1, -0.05) is 24.3 Å². The lowest BCUT2D eigenvalue weighted by atomic mass is 10.1. The molecule has 11 heteroatoms. The summed E-state index contributed by atoms with van der Waals surface area (Å²) in [6.07, 6.45) is 10.8. The van der Waals surface area contributed by atoms with Gasteiger partial charge in [-0.05, 0) is 43.2 Å². The second kappa shape index (κ2) is 15.8. The third kappa shape index (κ3) is 10.4. The summed E-state index contributed by atoms with van der Waals surface area (Å²) >= 11 is 3.53. The zero-order chi connectivity index (χ0) is 25.5. The van der Waals surface area contributed by atoms with Crippen molar-refractivity contribution < 1.29 is 29.0 Å². The van der Waals surface area contributed by atoms with Crippen LogP contribution in [0.25, 0.3) is 0 Å². The van der Waals surface area contributed by atoms with Gasteiger partial charge in [0.2, 0.25) is 5.91 Å². The summed E-state index contributed by atoms with van der Waals surface area (Å²) < 4.78 is 11.3. The van der Waals surface area contributed by atoms with Gasteiger partial charge in [0, 0.05) is 19.3 Å². The highest BCUT2D eigenvalue weighted by molar-refractivity contribution is 7.79. The molecule has 0 radical (unpaired) electrons. The van der Waals surface area contributed by atoms with E-state index in [4.69, 9.17) is 14.6 Å². The molecule has 192 valence electrons. The maximum Gasteiger partial charge on any atom is 0.410 e. The Balaban J connectivity index is 0.00000210. The van der Waals surface area contributed by atoms with Crippen LogP contribution in [0.1, 0.15) is 25.7 Å². The van der Waals surface area contributed by atoms with Gasteiger partial charge in [-0.2, -0.15) is 12.6 Å². The molecule has 10 nitrogen and oxygen atoms in total. The van der Waals surface area contributed by atoms with E-state index in [1.165, 1.54) is 0 Å². The van der Waals surface area contributed by atoms with Crippen molar-refractivity contribution in [2.75, 3.05) is 44.4 Å². The topological polar surface area (TPSA) is 130 Å². The molecule has 1 aliphatic carbocycles. The van der Waals surface area contributed by atoms with E-state index < -0.39 is 18.0 Å². The van der Waals surface area contributed by atoms with Crippen LogP contribution >= 0.6 is 12.6 Å². The van der Waals surface area contributed by atoms with E-state index in [1.54, 1.807) is 17.4 Å². The van der Waals surface area contributed by atoms with Crippen molar-refractivity contribution in [3.05, 3.63) is 48.2 Å². The number of amides is 2. The first-order valence-electron chi connectivity index (χ1n) is 11.5. The Morgan fingerprint density at radius 1 is 1.29 bits per heavy atom. The SMILES string of the molecule is CS.O=C(O)CCNC(=O)COC1CC(CNc2ccccn2)N(C(=O)OCC2=CC=CCC2)C1. The second-order valence-corrected chi connectivity index (χ2v) is 7.91. The average molecular weight is 507 g/mol. The summed E-state index contributed by atoms with van der Waals surface area (Å²) in [6, 6.07) is 5.35. The molecule has 0 bridgehead atoms. The number of carbonyl (C=O) groups excluding carboxylic acids is 2. The number of carboxylic acid groups (broad SMARTS) is 1. The van der Waals surface area contributed by atoms with Gasteiger partial charge in [0.05, 0.1) is 25.1 Å². The van der Waals surface area contributed by atoms with Crippen LogP contribution in [0.5, 0.6) is 0 Å². The van der Waals surface area contributed by atoms with Crippen molar-refractivity contribution >= 4 is 36.4 Å². The monoisotopic (exact) mass is 506 g/mol. The molecule has 3 N–H and O–H groups in total. The van der Waals surface area contributed by atoms with Crippen molar-refractivity contribution in [1.29, 1.82) is 0 Å². The minimum atomic E-state index is -0.982. The highest BCUT2D eigenvalue weighted by Crippen LogP contribution is 2.23. The highest BCUT2D eigenvalue weighted by Gasteiger charge is 2.37. The maximum absolute atomic E-state index is 12.8. The lowest BCUT2D eigenvalue weighted by Gasteiger charge is -2.24. The zero-order valence-electron chi connectivity index (χ0n) is 19.9. The number of aromatic nitrogens is 1. The Morgan fingerprint density at radius 3 is 2.80 bits per heavy atom. The predicted molar refractivity (Wildman–Crippen MR) is 136 cm³/mol. The van der Waals surface area contributed by atoms with Crippen LogP contribution in [0, 0.1) is 0 Å². The van der Waals surface area contributed by atoms with Gasteiger partial charge in [0.25, 0.3) is 0 Å². The molecular formula is C24H34N4O6S. The first kappa shape index (κ1) is 28.2. The number of nitrogens with zero attached hydrogens (tertiary/aromatic N) is 2. The summed E-state index contributed by atoms with van der Waals surface area (Å²) in [5, 5.41) is 14.4. The first-order chi connectivity index (χ1) is 17.0. The Labute approximate surface area is 211 Å². The fourth-order valence-electron chi connectivity index (χ4n) is 3.66. The third-order valence-corrected chi connectivity index (χ3v) is 5.39. The Bertz CT molecular complexity index is 880. The van der Waals surface area contributed by atoms with E-state index in [-0.39, 0.29) is 38.3 Å². The van der Waals surface area contributed by atoms with Crippen LogP contribution in [0.2, 0.25) is 0 Å². The highest BCUT2D eigenvalue weighted by atomic mass is 32.1.